The second kappa shape index (κ2) is 8.10. The highest BCUT2D eigenvalue weighted by molar-refractivity contribution is 6.30. The van der Waals surface area contributed by atoms with E-state index in [9.17, 15) is 4.79 Å². The summed E-state index contributed by atoms with van der Waals surface area (Å²) in [5.41, 5.74) is 0. The van der Waals surface area contributed by atoms with Crippen LogP contribution in [0.5, 0.6) is 5.75 Å². The zero-order chi connectivity index (χ0) is 15.1. The van der Waals surface area contributed by atoms with Gasteiger partial charge in [0.25, 0.3) is 0 Å². The van der Waals surface area contributed by atoms with Crippen LogP contribution in [0.2, 0.25) is 5.02 Å². The lowest BCUT2D eigenvalue weighted by Gasteiger charge is -2.32. The lowest BCUT2D eigenvalue weighted by Crippen LogP contribution is -2.47. The summed E-state index contributed by atoms with van der Waals surface area (Å²) in [5.74, 6) is 0.783. The molecule has 21 heavy (non-hydrogen) atoms. The van der Waals surface area contributed by atoms with Crippen molar-refractivity contribution in [2.24, 2.45) is 0 Å². The van der Waals surface area contributed by atoms with Crippen molar-refractivity contribution in [2.75, 3.05) is 33.4 Å². The number of halogens is 1. The minimum atomic E-state index is -0.0340. The fourth-order valence-corrected chi connectivity index (χ4v) is 2.46. The predicted octanol–water partition coefficient (Wildman–Crippen LogP) is 2.54. The molecule has 1 aliphatic heterocycles. The fourth-order valence-electron chi connectivity index (χ4n) is 2.28. The Hall–Kier alpha value is -1.46. The topological polar surface area (TPSA) is 50.8 Å². The molecule has 116 valence electrons. The van der Waals surface area contributed by atoms with Crippen molar-refractivity contribution in [1.82, 2.24) is 10.2 Å². The number of piperidine rings is 1. The van der Waals surface area contributed by atoms with Crippen molar-refractivity contribution in [2.45, 2.75) is 18.9 Å². The fraction of sp³-hybridized carbons (Fsp3) is 0.533. The van der Waals surface area contributed by atoms with Gasteiger partial charge in [0, 0.05) is 44.6 Å². The van der Waals surface area contributed by atoms with Crippen molar-refractivity contribution in [1.29, 1.82) is 0 Å². The minimum Gasteiger partial charge on any atom is -0.490 e. The lowest BCUT2D eigenvalue weighted by molar-refractivity contribution is 0.110. The maximum absolute atomic E-state index is 11.9. The predicted molar refractivity (Wildman–Crippen MR) is 81.9 cm³/mol. The largest absolute Gasteiger partial charge is 0.490 e. The summed E-state index contributed by atoms with van der Waals surface area (Å²) in [6, 6.07) is 7.37. The van der Waals surface area contributed by atoms with E-state index in [-0.39, 0.29) is 12.1 Å². The Morgan fingerprint density at radius 1 is 1.43 bits per heavy atom. The Labute approximate surface area is 130 Å². The first-order chi connectivity index (χ1) is 10.2. The highest BCUT2D eigenvalue weighted by Crippen LogP contribution is 2.22. The number of amides is 2. The zero-order valence-electron chi connectivity index (χ0n) is 12.2. The molecular weight excluding hydrogens is 292 g/mol. The van der Waals surface area contributed by atoms with E-state index < -0.39 is 0 Å². The Morgan fingerprint density at radius 2 is 2.19 bits per heavy atom. The molecule has 2 rings (SSSR count). The second-order valence-electron chi connectivity index (χ2n) is 4.99. The SMILES string of the molecule is COCCNC(=O)N1CCC(Oc2cccc(Cl)c2)CC1. The number of likely N-dealkylation sites (tertiary alicyclic amines) is 1. The molecule has 6 heteroatoms. The summed E-state index contributed by atoms with van der Waals surface area (Å²) in [7, 11) is 1.62. The molecule has 2 amide bonds. The standard InChI is InChI=1S/C15H21ClN2O3/c1-20-10-7-17-15(19)18-8-5-13(6-9-18)21-14-4-2-3-12(16)11-14/h2-4,11,13H,5-10H2,1H3,(H,17,19). The lowest BCUT2D eigenvalue weighted by atomic mass is 10.1. The van der Waals surface area contributed by atoms with E-state index in [1.54, 1.807) is 7.11 Å². The molecule has 0 aliphatic carbocycles. The van der Waals surface area contributed by atoms with Gasteiger partial charge in [0.2, 0.25) is 0 Å². The number of hydrogen-bond donors (Lipinski definition) is 1. The van der Waals surface area contributed by atoms with Crippen LogP contribution in [0.25, 0.3) is 0 Å². The van der Waals surface area contributed by atoms with Crippen LogP contribution in [0, 0.1) is 0 Å². The van der Waals surface area contributed by atoms with Gasteiger partial charge in [0.15, 0.2) is 0 Å². The molecule has 0 bridgehead atoms. The van der Waals surface area contributed by atoms with Gasteiger partial charge < -0.3 is 19.7 Å². The van der Waals surface area contributed by atoms with Gasteiger partial charge in [-0.25, -0.2) is 4.79 Å². The van der Waals surface area contributed by atoms with Crippen molar-refractivity contribution >= 4 is 17.6 Å². The van der Waals surface area contributed by atoms with E-state index in [1.807, 2.05) is 29.2 Å². The number of methoxy groups -OCH3 is 1. The van der Waals surface area contributed by atoms with E-state index in [1.165, 1.54) is 0 Å². The van der Waals surface area contributed by atoms with Crippen LogP contribution in [0.4, 0.5) is 4.79 Å². The third-order valence-electron chi connectivity index (χ3n) is 3.41. The highest BCUT2D eigenvalue weighted by Gasteiger charge is 2.23. The molecule has 0 unspecified atom stereocenters. The first kappa shape index (κ1) is 15.9. The maximum Gasteiger partial charge on any atom is 0.317 e. The van der Waals surface area contributed by atoms with E-state index in [4.69, 9.17) is 21.1 Å². The van der Waals surface area contributed by atoms with Crippen LogP contribution in [-0.2, 0) is 4.74 Å². The van der Waals surface area contributed by atoms with Crippen LogP contribution >= 0.6 is 11.6 Å². The molecule has 1 N–H and O–H groups in total. The van der Waals surface area contributed by atoms with Crippen LogP contribution in [-0.4, -0.2) is 50.4 Å². The number of benzene rings is 1. The number of carbonyl (C=O) groups is 1. The number of nitrogens with one attached hydrogen (secondary N) is 1. The number of ether oxygens (including phenoxy) is 2. The Morgan fingerprint density at radius 3 is 2.86 bits per heavy atom. The Bertz CT molecular complexity index is 462. The van der Waals surface area contributed by atoms with Crippen molar-refractivity contribution < 1.29 is 14.3 Å². The first-order valence-corrected chi connectivity index (χ1v) is 7.51. The third kappa shape index (κ3) is 5.10. The van der Waals surface area contributed by atoms with Gasteiger partial charge >= 0.3 is 6.03 Å². The Balaban J connectivity index is 1.74. The van der Waals surface area contributed by atoms with Gasteiger partial charge in [-0.15, -0.1) is 0 Å². The molecule has 0 spiro atoms. The van der Waals surface area contributed by atoms with Gasteiger partial charge in [-0.1, -0.05) is 17.7 Å². The van der Waals surface area contributed by atoms with Crippen molar-refractivity contribution in [3.63, 3.8) is 0 Å². The molecule has 1 heterocycles. The highest BCUT2D eigenvalue weighted by atomic mass is 35.5. The molecule has 5 nitrogen and oxygen atoms in total. The smallest absolute Gasteiger partial charge is 0.317 e. The maximum atomic E-state index is 11.9. The third-order valence-corrected chi connectivity index (χ3v) is 3.65. The normalized spacial score (nSPS) is 15.8. The second-order valence-corrected chi connectivity index (χ2v) is 5.42. The van der Waals surface area contributed by atoms with Gasteiger partial charge in [-0.2, -0.15) is 0 Å². The van der Waals surface area contributed by atoms with E-state index in [0.717, 1.165) is 18.6 Å². The number of hydrogen-bond acceptors (Lipinski definition) is 3. The zero-order valence-corrected chi connectivity index (χ0v) is 12.9. The number of urea groups is 1. The molecular formula is C15H21ClN2O3. The number of nitrogens with zero attached hydrogens (tertiary/aromatic N) is 1. The summed E-state index contributed by atoms with van der Waals surface area (Å²) >= 11 is 5.94. The first-order valence-electron chi connectivity index (χ1n) is 7.13. The van der Waals surface area contributed by atoms with Crippen LogP contribution in [0.3, 0.4) is 0 Å². The van der Waals surface area contributed by atoms with Crippen molar-refractivity contribution in [3.05, 3.63) is 29.3 Å². The molecule has 0 atom stereocenters. The van der Waals surface area contributed by atoms with E-state index >= 15 is 0 Å². The molecule has 0 saturated carbocycles. The van der Waals surface area contributed by atoms with E-state index in [0.29, 0.717) is 31.3 Å². The molecule has 1 saturated heterocycles. The van der Waals surface area contributed by atoms with Crippen LogP contribution < -0.4 is 10.1 Å². The average molecular weight is 313 g/mol. The molecule has 0 radical (unpaired) electrons. The van der Waals surface area contributed by atoms with Gasteiger partial charge in [-0.3, -0.25) is 0 Å². The summed E-state index contributed by atoms with van der Waals surface area (Å²) < 4.78 is 10.8. The molecule has 1 fully saturated rings. The summed E-state index contributed by atoms with van der Waals surface area (Å²) in [6.07, 6.45) is 1.78. The number of rotatable bonds is 5. The van der Waals surface area contributed by atoms with E-state index in [2.05, 4.69) is 5.32 Å². The summed E-state index contributed by atoms with van der Waals surface area (Å²) in [6.45, 7) is 2.46. The Kier molecular flexibility index (Phi) is 6.14. The molecule has 1 aliphatic rings. The van der Waals surface area contributed by atoms with Crippen molar-refractivity contribution in [3.8, 4) is 5.75 Å². The molecule has 0 aromatic heterocycles. The van der Waals surface area contributed by atoms with Crippen LogP contribution in [0.1, 0.15) is 12.8 Å². The van der Waals surface area contributed by atoms with Gasteiger partial charge in [0.1, 0.15) is 11.9 Å². The van der Waals surface area contributed by atoms with Crippen LogP contribution in [0.15, 0.2) is 24.3 Å². The summed E-state index contributed by atoms with van der Waals surface area (Å²) in [5, 5.41) is 3.50. The molecule has 1 aromatic carbocycles. The molecule has 1 aromatic rings. The van der Waals surface area contributed by atoms with Gasteiger partial charge in [-0.05, 0) is 18.2 Å². The average Bonchev–Trinajstić information content (AvgIpc) is 2.48. The quantitative estimate of drug-likeness (QED) is 0.850. The monoisotopic (exact) mass is 312 g/mol. The summed E-state index contributed by atoms with van der Waals surface area (Å²) in [4.78, 5) is 13.7. The number of carbonyl (C=O) groups excluding carboxylic acids is 1. The van der Waals surface area contributed by atoms with Gasteiger partial charge in [0.05, 0.1) is 6.61 Å². The minimum absolute atomic E-state index is 0.0340.